The monoisotopic (exact) mass is 578 g/mol. The zero-order valence-electron chi connectivity index (χ0n) is 18.3. The van der Waals surface area contributed by atoms with Crippen LogP contribution in [0.4, 0.5) is 11.6 Å². The molecule has 2 amide bonds. The fourth-order valence-electron chi connectivity index (χ4n) is 3.90. The second-order valence-corrected chi connectivity index (χ2v) is 9.04. The van der Waals surface area contributed by atoms with Crippen LogP contribution in [0.1, 0.15) is 44.0 Å². The van der Waals surface area contributed by atoms with Gasteiger partial charge in [-0.25, -0.2) is 14.8 Å². The molecule has 0 bridgehead atoms. The van der Waals surface area contributed by atoms with Gasteiger partial charge in [0, 0.05) is 25.2 Å². The molecule has 6 N–H and O–H groups in total. The molecule has 2 fully saturated rings. The van der Waals surface area contributed by atoms with Gasteiger partial charge in [-0.15, -0.1) is 0 Å². The lowest BCUT2D eigenvalue weighted by Gasteiger charge is -2.38. The summed E-state index contributed by atoms with van der Waals surface area (Å²) in [6.07, 6.45) is 1.34. The molecule has 1 spiro atoms. The fourth-order valence-corrected chi connectivity index (χ4v) is 4.26. The van der Waals surface area contributed by atoms with Crippen molar-refractivity contribution in [3.05, 3.63) is 44.8 Å². The molecule has 178 valence electrons. The van der Waals surface area contributed by atoms with Crippen LogP contribution in [0.3, 0.4) is 0 Å². The number of nitrogens with zero attached hydrogens (tertiary/aromatic N) is 4. The average molecular weight is 578 g/mol. The molecule has 1 aromatic heterocycles. The summed E-state index contributed by atoms with van der Waals surface area (Å²) < 4.78 is 5.06. The van der Waals surface area contributed by atoms with E-state index in [2.05, 4.69) is 30.3 Å². The van der Waals surface area contributed by atoms with Gasteiger partial charge in [-0.1, -0.05) is 0 Å². The number of guanidine groups is 1. The average Bonchev–Trinajstić information content (AvgIpc) is 3.22. The maximum absolute atomic E-state index is 12.9. The summed E-state index contributed by atoms with van der Waals surface area (Å²) in [6.45, 7) is 1.62. The van der Waals surface area contributed by atoms with Gasteiger partial charge in [0.2, 0.25) is 0 Å². The first kappa shape index (κ1) is 23.7. The molecule has 2 aliphatic heterocycles. The lowest BCUT2D eigenvalue weighted by Crippen LogP contribution is -2.53. The summed E-state index contributed by atoms with van der Waals surface area (Å²) in [5, 5.41) is 6.41. The van der Waals surface area contributed by atoms with Gasteiger partial charge in [-0.3, -0.25) is 9.59 Å². The second kappa shape index (κ2) is 9.40. The molecule has 0 radical (unpaired) electrons. The number of hydrogen-bond donors (Lipinski definition) is 4. The van der Waals surface area contributed by atoms with E-state index in [1.54, 1.807) is 29.2 Å². The Morgan fingerprint density at radius 2 is 1.74 bits per heavy atom. The molecule has 4 rings (SSSR count). The van der Waals surface area contributed by atoms with Crippen LogP contribution in [0.15, 0.2) is 29.3 Å². The third-order valence-corrected chi connectivity index (χ3v) is 6.65. The van der Waals surface area contributed by atoms with Crippen LogP contribution in [0.2, 0.25) is 0 Å². The fraction of sp³-hybridized carbons (Fsp3) is 0.333. The molecular weight excluding hydrogens is 555 g/mol. The van der Waals surface area contributed by atoms with E-state index in [-0.39, 0.29) is 28.8 Å². The largest absolute Gasteiger partial charge is 0.465 e. The smallest absolute Gasteiger partial charge is 0.337 e. The molecule has 13 heteroatoms. The summed E-state index contributed by atoms with van der Waals surface area (Å²) in [4.78, 5) is 50.9. The predicted molar refractivity (Wildman–Crippen MR) is 132 cm³/mol. The van der Waals surface area contributed by atoms with Crippen molar-refractivity contribution in [3.8, 4) is 0 Å². The number of rotatable bonds is 3. The van der Waals surface area contributed by atoms with Gasteiger partial charge in [0.05, 0.1) is 18.2 Å². The maximum Gasteiger partial charge on any atom is 0.337 e. The number of nitrogens with one attached hydrogen (secondary N) is 2. The number of likely N-dealkylation sites (tertiary alicyclic amines) is 1. The van der Waals surface area contributed by atoms with E-state index in [4.69, 9.17) is 11.5 Å². The number of aliphatic imine (C=N–C) groups is 1. The van der Waals surface area contributed by atoms with Crippen LogP contribution < -0.4 is 22.1 Å². The Morgan fingerprint density at radius 3 is 2.38 bits per heavy atom. The zero-order chi connectivity index (χ0) is 24.5. The Balaban J connectivity index is 1.37. The van der Waals surface area contributed by atoms with Gasteiger partial charge < -0.3 is 31.7 Å². The highest BCUT2D eigenvalue weighted by atomic mass is 127. The van der Waals surface area contributed by atoms with E-state index in [0.29, 0.717) is 53.3 Å². The lowest BCUT2D eigenvalue weighted by atomic mass is 9.88. The molecule has 12 nitrogen and oxygen atoms in total. The summed E-state index contributed by atoms with van der Waals surface area (Å²) >= 11 is 1.87. The molecule has 0 aliphatic carbocycles. The zero-order valence-corrected chi connectivity index (χ0v) is 20.5. The predicted octanol–water partition coefficient (Wildman–Crippen LogP) is 0.396. The maximum atomic E-state index is 12.9. The first-order valence-corrected chi connectivity index (χ1v) is 11.5. The SMILES string of the molecule is COC(=O)c1ccc(C(=O)N2CCC3(CC2)CN/C(=N\C(=O)c2nc(I)c(N)nc2N)N3)cc1. The number of amides is 2. The molecule has 0 saturated carbocycles. The topological polar surface area (TPSA) is 178 Å². The van der Waals surface area contributed by atoms with Crippen LogP contribution in [0, 0.1) is 3.70 Å². The molecule has 2 saturated heterocycles. The van der Waals surface area contributed by atoms with Gasteiger partial charge in [-0.2, -0.15) is 4.99 Å². The number of halogens is 1. The highest BCUT2D eigenvalue weighted by Gasteiger charge is 2.41. The van der Waals surface area contributed by atoms with Crippen molar-refractivity contribution in [2.24, 2.45) is 4.99 Å². The Kier molecular flexibility index (Phi) is 6.54. The number of ether oxygens (including phenoxy) is 1. The molecule has 1 aromatic carbocycles. The van der Waals surface area contributed by atoms with Crippen molar-refractivity contribution in [2.75, 3.05) is 38.2 Å². The van der Waals surface area contributed by atoms with E-state index in [1.807, 2.05) is 22.6 Å². The highest BCUT2D eigenvalue weighted by molar-refractivity contribution is 14.1. The van der Waals surface area contributed by atoms with Gasteiger partial charge in [0.1, 0.15) is 3.70 Å². The van der Waals surface area contributed by atoms with Gasteiger partial charge in [0.25, 0.3) is 5.91 Å². The van der Waals surface area contributed by atoms with E-state index in [1.165, 1.54) is 7.11 Å². The number of methoxy groups -OCH3 is 1. The number of nitrogens with two attached hydrogens (primary N) is 2. The van der Waals surface area contributed by atoms with Crippen LogP contribution in [-0.2, 0) is 4.74 Å². The lowest BCUT2D eigenvalue weighted by molar-refractivity contribution is 0.0598. The quantitative estimate of drug-likeness (QED) is 0.294. The standard InChI is InChI=1S/C21H23IN8O4/c1-34-19(33)12-4-2-11(3-5-12)18(32)30-8-6-21(7-9-30)10-25-20(29-21)28-17(31)13-15(23)27-16(24)14(22)26-13/h2-5H,6-10H2,1H3,(H4,23,24,27)(H2,25,28,29,31). The number of esters is 1. The first-order valence-electron chi connectivity index (χ1n) is 10.4. The van der Waals surface area contributed by atoms with E-state index in [0.717, 1.165) is 0 Å². The van der Waals surface area contributed by atoms with Gasteiger partial charge in [0.15, 0.2) is 23.3 Å². The van der Waals surface area contributed by atoms with Crippen molar-refractivity contribution in [3.63, 3.8) is 0 Å². The molecule has 3 heterocycles. The molecular formula is C21H23IN8O4. The minimum absolute atomic E-state index is 0.0608. The third kappa shape index (κ3) is 4.73. The summed E-state index contributed by atoms with van der Waals surface area (Å²) in [6, 6.07) is 6.40. The number of carbonyl (C=O) groups is 3. The van der Waals surface area contributed by atoms with E-state index in [9.17, 15) is 14.4 Å². The Labute approximate surface area is 208 Å². The van der Waals surface area contributed by atoms with E-state index >= 15 is 0 Å². The molecule has 0 unspecified atom stereocenters. The number of piperidine rings is 1. The summed E-state index contributed by atoms with van der Waals surface area (Å²) in [7, 11) is 1.31. The van der Waals surface area contributed by atoms with Crippen molar-refractivity contribution in [1.29, 1.82) is 0 Å². The molecule has 2 aromatic rings. The first-order chi connectivity index (χ1) is 16.2. The van der Waals surface area contributed by atoms with Gasteiger partial charge in [-0.05, 0) is 59.7 Å². The number of anilines is 2. The van der Waals surface area contributed by atoms with Crippen LogP contribution in [-0.4, -0.2) is 70.9 Å². The van der Waals surface area contributed by atoms with Crippen LogP contribution in [0.5, 0.6) is 0 Å². The summed E-state index contributed by atoms with van der Waals surface area (Å²) in [5.41, 5.74) is 11.9. The molecule has 2 aliphatic rings. The normalized spacial score (nSPS) is 17.8. The Morgan fingerprint density at radius 1 is 1.09 bits per heavy atom. The van der Waals surface area contributed by atoms with Gasteiger partial charge >= 0.3 is 11.9 Å². The van der Waals surface area contributed by atoms with Crippen molar-refractivity contribution >= 4 is 58.0 Å². The molecule has 0 atom stereocenters. The van der Waals surface area contributed by atoms with Crippen molar-refractivity contribution in [2.45, 2.75) is 18.4 Å². The van der Waals surface area contributed by atoms with Crippen LogP contribution >= 0.6 is 22.6 Å². The van der Waals surface area contributed by atoms with Crippen LogP contribution in [0.25, 0.3) is 0 Å². The van der Waals surface area contributed by atoms with Crippen molar-refractivity contribution in [1.82, 2.24) is 25.5 Å². The summed E-state index contributed by atoms with van der Waals surface area (Å²) in [5.74, 6) is -0.775. The Bertz CT molecular complexity index is 1180. The number of aromatic nitrogens is 2. The number of benzene rings is 1. The number of carbonyl (C=O) groups excluding carboxylic acids is 3. The molecule has 34 heavy (non-hydrogen) atoms. The number of hydrogen-bond acceptors (Lipinski definition) is 8. The minimum atomic E-state index is -0.627. The number of nitrogen functional groups attached to an aromatic ring is 2. The minimum Gasteiger partial charge on any atom is -0.465 e. The van der Waals surface area contributed by atoms with E-state index < -0.39 is 11.9 Å². The third-order valence-electron chi connectivity index (χ3n) is 5.86. The van der Waals surface area contributed by atoms with Crippen molar-refractivity contribution < 1.29 is 19.1 Å². The highest BCUT2D eigenvalue weighted by Crippen LogP contribution is 2.26. The Hall–Kier alpha value is -3.49. The second-order valence-electron chi connectivity index (χ2n) is 8.02.